The molecule has 1 atom stereocenters. The van der Waals surface area contributed by atoms with Crippen LogP contribution in [0.25, 0.3) is 0 Å². The Morgan fingerprint density at radius 3 is 2.52 bits per heavy atom. The Labute approximate surface area is 177 Å². The second kappa shape index (κ2) is 8.29. The lowest BCUT2D eigenvalue weighted by molar-refractivity contribution is -0.147. The standard InChI is InChI=1S/C21H25F4N3O3/c22-17-9-15(21(23,24)25)2-1-14(17)10-27-7-5-20(6-8-27)12-28(13-20)18(29)4-3-16-11-31-19(30)26-16/h1-2,9,16H,3-8,10-13H2,(H,26,30)/t16-/m1/s1. The van der Waals surface area contributed by atoms with Crippen molar-refractivity contribution in [3.63, 3.8) is 0 Å². The van der Waals surface area contributed by atoms with E-state index in [2.05, 4.69) is 5.32 Å². The van der Waals surface area contributed by atoms with E-state index in [0.717, 1.165) is 18.9 Å². The number of nitrogens with one attached hydrogen (secondary N) is 1. The number of benzene rings is 1. The Morgan fingerprint density at radius 2 is 1.94 bits per heavy atom. The zero-order valence-electron chi connectivity index (χ0n) is 17.0. The number of rotatable bonds is 5. The summed E-state index contributed by atoms with van der Waals surface area (Å²) in [6.07, 6.45) is -2.34. The zero-order chi connectivity index (χ0) is 22.2. The predicted molar refractivity (Wildman–Crippen MR) is 102 cm³/mol. The van der Waals surface area contributed by atoms with Crippen LogP contribution in [0.1, 0.15) is 36.8 Å². The molecule has 3 aliphatic heterocycles. The van der Waals surface area contributed by atoms with Crippen molar-refractivity contribution in [3.05, 3.63) is 35.1 Å². The molecule has 1 aromatic carbocycles. The van der Waals surface area contributed by atoms with Crippen LogP contribution >= 0.6 is 0 Å². The molecule has 0 saturated carbocycles. The fourth-order valence-electron chi connectivity index (χ4n) is 4.57. The molecule has 1 N–H and O–H groups in total. The summed E-state index contributed by atoms with van der Waals surface area (Å²) in [5.41, 5.74) is -0.638. The number of likely N-dealkylation sites (tertiary alicyclic amines) is 2. The van der Waals surface area contributed by atoms with Crippen LogP contribution in [0.5, 0.6) is 0 Å². The minimum absolute atomic E-state index is 0.0704. The van der Waals surface area contributed by atoms with E-state index in [9.17, 15) is 27.2 Å². The number of hydrogen-bond donors (Lipinski definition) is 1. The Morgan fingerprint density at radius 1 is 1.23 bits per heavy atom. The Bertz CT molecular complexity index is 845. The van der Waals surface area contributed by atoms with Gasteiger partial charge in [-0.15, -0.1) is 0 Å². The van der Waals surface area contributed by atoms with E-state index < -0.39 is 23.7 Å². The van der Waals surface area contributed by atoms with E-state index >= 15 is 0 Å². The highest BCUT2D eigenvalue weighted by molar-refractivity contribution is 5.77. The molecule has 31 heavy (non-hydrogen) atoms. The summed E-state index contributed by atoms with van der Waals surface area (Å²) in [5.74, 6) is -0.764. The molecule has 3 heterocycles. The molecule has 10 heteroatoms. The van der Waals surface area contributed by atoms with Crippen LogP contribution in [0, 0.1) is 11.2 Å². The number of piperidine rings is 1. The van der Waals surface area contributed by atoms with Gasteiger partial charge in [0.2, 0.25) is 5.91 Å². The molecule has 3 saturated heterocycles. The molecule has 170 valence electrons. The third kappa shape index (κ3) is 4.94. The first kappa shape index (κ1) is 21.9. The average molecular weight is 443 g/mol. The first-order valence-electron chi connectivity index (χ1n) is 10.4. The number of carbonyl (C=O) groups excluding carboxylic acids is 2. The number of ether oxygens (including phenoxy) is 1. The fourth-order valence-corrected chi connectivity index (χ4v) is 4.57. The first-order chi connectivity index (χ1) is 14.6. The van der Waals surface area contributed by atoms with Crippen LogP contribution in [0.15, 0.2) is 18.2 Å². The second-order valence-electron chi connectivity index (χ2n) is 8.81. The lowest BCUT2D eigenvalue weighted by Gasteiger charge is -2.54. The molecule has 6 nitrogen and oxygen atoms in total. The van der Waals surface area contributed by atoms with E-state index in [1.165, 1.54) is 6.07 Å². The largest absolute Gasteiger partial charge is 0.447 e. The van der Waals surface area contributed by atoms with Crippen molar-refractivity contribution in [3.8, 4) is 0 Å². The number of hydrogen-bond acceptors (Lipinski definition) is 4. The number of cyclic esters (lactones) is 1. The van der Waals surface area contributed by atoms with Gasteiger partial charge >= 0.3 is 12.3 Å². The van der Waals surface area contributed by atoms with E-state index in [1.54, 1.807) is 0 Å². The van der Waals surface area contributed by atoms with Crippen LogP contribution in [0.3, 0.4) is 0 Å². The molecule has 0 aliphatic carbocycles. The summed E-state index contributed by atoms with van der Waals surface area (Å²) < 4.78 is 57.0. The quantitative estimate of drug-likeness (QED) is 0.711. The van der Waals surface area contributed by atoms with Crippen LogP contribution in [0.2, 0.25) is 0 Å². The molecule has 0 radical (unpaired) electrons. The second-order valence-corrected chi connectivity index (χ2v) is 8.81. The van der Waals surface area contributed by atoms with Crippen molar-refractivity contribution < 1.29 is 31.9 Å². The minimum Gasteiger partial charge on any atom is -0.447 e. The highest BCUT2D eigenvalue weighted by Crippen LogP contribution is 2.41. The number of nitrogens with zero attached hydrogens (tertiary/aromatic N) is 2. The number of carbonyl (C=O) groups is 2. The summed E-state index contributed by atoms with van der Waals surface area (Å²) >= 11 is 0. The molecule has 3 fully saturated rings. The van der Waals surface area contributed by atoms with Crippen molar-refractivity contribution >= 4 is 12.0 Å². The summed E-state index contributed by atoms with van der Waals surface area (Å²) in [6.45, 7) is 3.40. The molecule has 0 bridgehead atoms. The minimum atomic E-state index is -4.55. The maximum absolute atomic E-state index is 14.1. The number of alkyl halides is 3. The normalized spacial score (nSPS) is 23.4. The smallest absolute Gasteiger partial charge is 0.416 e. The molecular formula is C21H25F4N3O3. The van der Waals surface area contributed by atoms with E-state index in [1.807, 2.05) is 9.80 Å². The van der Waals surface area contributed by atoms with Crippen molar-refractivity contribution in [2.45, 2.75) is 44.4 Å². The molecule has 1 aromatic rings. The maximum atomic E-state index is 14.1. The van der Waals surface area contributed by atoms with Crippen molar-refractivity contribution in [1.82, 2.24) is 15.1 Å². The Kier molecular flexibility index (Phi) is 5.85. The summed E-state index contributed by atoms with van der Waals surface area (Å²) in [6, 6.07) is 2.58. The van der Waals surface area contributed by atoms with Gasteiger partial charge in [-0.3, -0.25) is 9.69 Å². The highest BCUT2D eigenvalue weighted by Gasteiger charge is 2.46. The summed E-state index contributed by atoms with van der Waals surface area (Å²) in [7, 11) is 0. The topological polar surface area (TPSA) is 61.9 Å². The monoisotopic (exact) mass is 443 g/mol. The van der Waals surface area contributed by atoms with Crippen LogP contribution in [-0.4, -0.2) is 60.6 Å². The first-order valence-corrected chi connectivity index (χ1v) is 10.4. The third-order valence-corrected chi connectivity index (χ3v) is 6.54. The number of alkyl carbamates (subject to hydrolysis) is 1. The predicted octanol–water partition coefficient (Wildman–Crippen LogP) is 3.16. The molecular weight excluding hydrogens is 418 g/mol. The van der Waals surface area contributed by atoms with Crippen LogP contribution < -0.4 is 5.32 Å². The van der Waals surface area contributed by atoms with Gasteiger partial charge in [0, 0.05) is 37.0 Å². The van der Waals surface area contributed by atoms with Gasteiger partial charge in [0.25, 0.3) is 0 Å². The lowest BCUT2D eigenvalue weighted by Crippen LogP contribution is -2.61. The Hall–Kier alpha value is -2.36. The third-order valence-electron chi connectivity index (χ3n) is 6.54. The van der Waals surface area contributed by atoms with E-state index in [-0.39, 0.29) is 29.5 Å². The van der Waals surface area contributed by atoms with E-state index in [4.69, 9.17) is 4.74 Å². The van der Waals surface area contributed by atoms with E-state index in [0.29, 0.717) is 51.7 Å². The van der Waals surface area contributed by atoms with Crippen molar-refractivity contribution in [2.75, 3.05) is 32.8 Å². The molecule has 4 rings (SSSR count). The Balaban J connectivity index is 1.21. The van der Waals surface area contributed by atoms with Gasteiger partial charge in [0.15, 0.2) is 0 Å². The van der Waals surface area contributed by atoms with Gasteiger partial charge < -0.3 is 15.0 Å². The van der Waals surface area contributed by atoms with Gasteiger partial charge in [-0.25, -0.2) is 9.18 Å². The molecule has 0 unspecified atom stereocenters. The van der Waals surface area contributed by atoms with Gasteiger partial charge in [-0.1, -0.05) is 6.07 Å². The van der Waals surface area contributed by atoms with Crippen LogP contribution in [0.4, 0.5) is 22.4 Å². The van der Waals surface area contributed by atoms with Crippen molar-refractivity contribution in [2.24, 2.45) is 5.41 Å². The van der Waals surface area contributed by atoms with Gasteiger partial charge in [0.05, 0.1) is 11.6 Å². The molecule has 3 aliphatic rings. The molecule has 1 spiro atoms. The number of halogens is 4. The highest BCUT2D eigenvalue weighted by atomic mass is 19.4. The summed E-state index contributed by atoms with van der Waals surface area (Å²) in [4.78, 5) is 27.3. The van der Waals surface area contributed by atoms with Gasteiger partial charge in [-0.2, -0.15) is 13.2 Å². The zero-order valence-corrected chi connectivity index (χ0v) is 17.0. The summed E-state index contributed by atoms with van der Waals surface area (Å²) in [5, 5.41) is 2.66. The van der Waals surface area contributed by atoms with Crippen LogP contribution in [-0.2, 0) is 22.3 Å². The molecule has 0 aromatic heterocycles. The number of amides is 2. The maximum Gasteiger partial charge on any atom is 0.416 e. The van der Waals surface area contributed by atoms with Gasteiger partial charge in [0.1, 0.15) is 12.4 Å². The lowest BCUT2D eigenvalue weighted by atomic mass is 9.71. The van der Waals surface area contributed by atoms with Gasteiger partial charge in [-0.05, 0) is 44.5 Å². The fraction of sp³-hybridized carbons (Fsp3) is 0.619. The van der Waals surface area contributed by atoms with Crippen molar-refractivity contribution in [1.29, 1.82) is 0 Å². The molecule has 2 amide bonds. The average Bonchev–Trinajstić information content (AvgIpc) is 3.11. The SMILES string of the molecule is O=C1N[C@H](CCC(=O)N2CC3(CCN(Cc4ccc(C(F)(F)F)cc4F)CC3)C2)CO1.